The molecular weight excluding hydrogens is 432 g/mol. The van der Waals surface area contributed by atoms with Crippen molar-refractivity contribution in [1.29, 1.82) is 0 Å². The van der Waals surface area contributed by atoms with E-state index < -0.39 is 0 Å². The average Bonchev–Trinajstić information content (AvgIpc) is 3.42. The fourth-order valence-corrected chi connectivity index (χ4v) is 6.02. The van der Waals surface area contributed by atoms with E-state index in [2.05, 4.69) is 22.2 Å². The monoisotopic (exact) mass is 462 g/mol. The van der Waals surface area contributed by atoms with E-state index in [0.717, 1.165) is 46.3 Å². The van der Waals surface area contributed by atoms with Gasteiger partial charge in [0.15, 0.2) is 0 Å². The van der Waals surface area contributed by atoms with Gasteiger partial charge in [-0.05, 0) is 36.8 Å². The van der Waals surface area contributed by atoms with Crippen molar-refractivity contribution in [2.24, 2.45) is 24.6 Å². The number of nitrogens with zero attached hydrogens (tertiary/aromatic N) is 4. The number of nitrogens with two attached hydrogens (primary N) is 1. The van der Waals surface area contributed by atoms with E-state index in [1.165, 1.54) is 30.6 Å². The van der Waals surface area contributed by atoms with Crippen molar-refractivity contribution in [2.75, 3.05) is 5.32 Å². The van der Waals surface area contributed by atoms with Crippen LogP contribution >= 0.6 is 11.3 Å². The smallest absolute Gasteiger partial charge is 0.258 e. The van der Waals surface area contributed by atoms with E-state index in [9.17, 15) is 4.79 Å². The minimum absolute atomic E-state index is 0.176. The summed E-state index contributed by atoms with van der Waals surface area (Å²) >= 11 is 1.50. The van der Waals surface area contributed by atoms with Gasteiger partial charge in [-0.15, -0.1) is 11.3 Å². The minimum atomic E-state index is -0.176. The molecule has 1 aliphatic rings. The van der Waals surface area contributed by atoms with Gasteiger partial charge in [-0.25, -0.2) is 15.0 Å². The van der Waals surface area contributed by atoms with Crippen molar-refractivity contribution in [1.82, 2.24) is 19.5 Å². The van der Waals surface area contributed by atoms with E-state index in [1.807, 2.05) is 41.4 Å². The zero-order valence-electron chi connectivity index (χ0n) is 19.1. The first kappa shape index (κ1) is 22.0. The number of benzene rings is 1. The van der Waals surface area contributed by atoms with E-state index in [0.29, 0.717) is 23.1 Å². The highest BCUT2D eigenvalue weighted by Crippen LogP contribution is 2.33. The van der Waals surface area contributed by atoms with Gasteiger partial charge in [0.25, 0.3) is 5.91 Å². The number of carbonyl (C=O) groups excluding carboxylic acids is 1. The average molecular weight is 463 g/mol. The first-order valence-electron chi connectivity index (χ1n) is 11.7. The number of thiophene rings is 1. The molecule has 0 bridgehead atoms. The summed E-state index contributed by atoms with van der Waals surface area (Å²) in [6.07, 6.45) is 10.3. The number of nitrogens with one attached hydrogen (secondary N) is 1. The molecule has 1 fully saturated rings. The third-order valence-electron chi connectivity index (χ3n) is 7.06. The topological polar surface area (TPSA) is 98.7 Å². The van der Waals surface area contributed by atoms with Crippen molar-refractivity contribution >= 4 is 44.2 Å². The van der Waals surface area contributed by atoms with Crippen LogP contribution in [-0.4, -0.2) is 31.5 Å². The Balaban J connectivity index is 1.40. The van der Waals surface area contributed by atoms with Crippen LogP contribution in [0.4, 0.5) is 5.69 Å². The molecule has 3 heterocycles. The summed E-state index contributed by atoms with van der Waals surface area (Å²) in [7, 11) is 1.94. The van der Waals surface area contributed by atoms with Crippen LogP contribution < -0.4 is 11.1 Å². The van der Waals surface area contributed by atoms with E-state index in [1.54, 1.807) is 6.33 Å². The number of hydrogen-bond acceptors (Lipinski definition) is 6. The van der Waals surface area contributed by atoms with Gasteiger partial charge in [0.1, 0.15) is 11.3 Å². The number of anilines is 1. The molecule has 4 aromatic rings. The molecular formula is C25H30N6OS. The molecule has 3 aromatic heterocycles. The van der Waals surface area contributed by atoms with Crippen LogP contribution in [0, 0.1) is 11.8 Å². The maximum Gasteiger partial charge on any atom is 0.258 e. The van der Waals surface area contributed by atoms with Crippen molar-refractivity contribution in [3.8, 4) is 0 Å². The Hall–Kier alpha value is -2.84. The highest BCUT2D eigenvalue weighted by molar-refractivity contribution is 7.17. The van der Waals surface area contributed by atoms with E-state index >= 15 is 0 Å². The van der Waals surface area contributed by atoms with Gasteiger partial charge >= 0.3 is 0 Å². The summed E-state index contributed by atoms with van der Waals surface area (Å²) in [5.74, 6) is 1.61. The maximum absolute atomic E-state index is 13.2. The lowest BCUT2D eigenvalue weighted by atomic mass is 9.74. The molecule has 3 N–H and O–H groups in total. The van der Waals surface area contributed by atoms with Crippen LogP contribution in [0.25, 0.3) is 21.3 Å². The van der Waals surface area contributed by atoms with Crippen molar-refractivity contribution in [3.05, 3.63) is 47.5 Å². The molecule has 0 aliphatic heterocycles. The number of aromatic nitrogens is 4. The molecule has 1 amide bonds. The van der Waals surface area contributed by atoms with Crippen LogP contribution in [0.1, 0.15) is 55.2 Å². The lowest BCUT2D eigenvalue weighted by Crippen LogP contribution is -2.38. The quantitative estimate of drug-likeness (QED) is 0.424. The van der Waals surface area contributed by atoms with Crippen LogP contribution in [-0.2, 0) is 13.5 Å². The second-order valence-corrected chi connectivity index (χ2v) is 10.0. The van der Waals surface area contributed by atoms with Gasteiger partial charge in [-0.2, -0.15) is 0 Å². The molecule has 1 saturated carbocycles. The van der Waals surface area contributed by atoms with Gasteiger partial charge in [-0.1, -0.05) is 32.3 Å². The number of rotatable bonds is 6. The Kier molecular flexibility index (Phi) is 6.12. The van der Waals surface area contributed by atoms with Crippen molar-refractivity contribution in [2.45, 2.75) is 51.5 Å². The van der Waals surface area contributed by atoms with Crippen LogP contribution in [0.5, 0.6) is 0 Å². The van der Waals surface area contributed by atoms with Crippen LogP contribution in [0.3, 0.4) is 0 Å². The number of carbonyl (C=O) groups is 1. The molecule has 5 rings (SSSR count). The van der Waals surface area contributed by atoms with Gasteiger partial charge in [0.2, 0.25) is 0 Å². The van der Waals surface area contributed by atoms with E-state index in [-0.39, 0.29) is 11.9 Å². The molecule has 0 saturated heterocycles. The SMILES string of the molecule is CCC(Cc1ncc2scc(C(=O)Nc3cccc4c3ncn4C)c2n1)C1CCCCC1N. The van der Waals surface area contributed by atoms with E-state index in [4.69, 9.17) is 10.7 Å². The fourth-order valence-electron chi connectivity index (χ4n) is 5.18. The lowest BCUT2D eigenvalue weighted by molar-refractivity contribution is 0.102. The molecule has 8 heteroatoms. The number of fused-ring (bicyclic) bond motifs is 2. The standard InChI is InChI=1S/C25H30N6OS/c1-3-15(16-7-4-5-8-18(16)26)11-22-27-12-21-23(30-22)17(13-33-21)25(32)29-19-9-6-10-20-24(19)28-14-31(20)2/h6,9-10,12-16,18H,3-5,7-8,11,26H2,1-2H3,(H,29,32). The summed E-state index contributed by atoms with van der Waals surface area (Å²) < 4.78 is 2.86. The number of hydrogen-bond donors (Lipinski definition) is 2. The lowest BCUT2D eigenvalue weighted by Gasteiger charge is -2.34. The molecule has 0 spiro atoms. The second-order valence-electron chi connectivity index (χ2n) is 9.12. The Labute approximate surface area is 197 Å². The zero-order chi connectivity index (χ0) is 22.9. The van der Waals surface area contributed by atoms with Crippen LogP contribution in [0.15, 0.2) is 36.1 Å². The highest BCUT2D eigenvalue weighted by Gasteiger charge is 2.29. The molecule has 3 atom stereocenters. The number of aryl methyl sites for hydroxylation is 1. The first-order valence-corrected chi connectivity index (χ1v) is 12.6. The summed E-state index contributed by atoms with van der Waals surface area (Å²) in [6, 6.07) is 6.05. The van der Waals surface area contributed by atoms with Gasteiger partial charge in [-0.3, -0.25) is 4.79 Å². The minimum Gasteiger partial charge on any atom is -0.334 e. The Bertz CT molecular complexity index is 1290. The zero-order valence-corrected chi connectivity index (χ0v) is 19.9. The predicted molar refractivity (Wildman–Crippen MR) is 134 cm³/mol. The summed E-state index contributed by atoms with van der Waals surface area (Å²) in [5, 5.41) is 4.90. The Morgan fingerprint density at radius 2 is 2.12 bits per heavy atom. The number of amides is 1. The molecule has 0 radical (unpaired) electrons. The molecule has 3 unspecified atom stereocenters. The maximum atomic E-state index is 13.2. The van der Waals surface area contributed by atoms with Gasteiger partial charge in [0.05, 0.1) is 33.3 Å². The van der Waals surface area contributed by atoms with Crippen molar-refractivity contribution < 1.29 is 4.79 Å². The largest absolute Gasteiger partial charge is 0.334 e. The fraction of sp³-hybridized carbons (Fsp3) is 0.440. The normalized spacial score (nSPS) is 19.7. The number of para-hydroxylation sites is 1. The third kappa shape index (κ3) is 4.25. The van der Waals surface area contributed by atoms with Crippen LogP contribution in [0.2, 0.25) is 0 Å². The van der Waals surface area contributed by atoms with Crippen molar-refractivity contribution in [3.63, 3.8) is 0 Å². The molecule has 7 nitrogen and oxygen atoms in total. The van der Waals surface area contributed by atoms with Gasteiger partial charge in [0, 0.05) is 31.1 Å². The molecule has 1 aromatic carbocycles. The molecule has 1 aliphatic carbocycles. The Morgan fingerprint density at radius 3 is 2.94 bits per heavy atom. The third-order valence-corrected chi connectivity index (χ3v) is 7.97. The second kappa shape index (κ2) is 9.19. The van der Waals surface area contributed by atoms with Gasteiger partial charge < -0.3 is 15.6 Å². The molecule has 33 heavy (non-hydrogen) atoms. The first-order chi connectivity index (χ1) is 16.0. The molecule has 172 valence electrons. The number of imidazole rings is 1. The Morgan fingerprint density at radius 1 is 1.27 bits per heavy atom. The summed E-state index contributed by atoms with van der Waals surface area (Å²) in [5.41, 5.74) is 10.2. The summed E-state index contributed by atoms with van der Waals surface area (Å²) in [4.78, 5) is 27.1. The highest BCUT2D eigenvalue weighted by atomic mass is 32.1. The predicted octanol–water partition coefficient (Wildman–Crippen LogP) is 4.92. The summed E-state index contributed by atoms with van der Waals surface area (Å²) in [6.45, 7) is 2.23.